The molecule has 5 nitrogen and oxygen atoms in total. The number of halogens is 1. The number of anilines is 1. The Morgan fingerprint density at radius 1 is 0.912 bits per heavy atom. The van der Waals surface area contributed by atoms with Gasteiger partial charge in [-0.15, -0.1) is 0 Å². The highest BCUT2D eigenvalue weighted by atomic mass is 35.5. The Hall–Kier alpha value is -4.09. The van der Waals surface area contributed by atoms with E-state index >= 15 is 0 Å². The number of nitrogens with zero attached hydrogens (tertiary/aromatic N) is 1. The number of ketones is 1. The first-order valence-corrected chi connectivity index (χ1v) is 11.1. The van der Waals surface area contributed by atoms with Crippen molar-refractivity contribution in [3.63, 3.8) is 0 Å². The van der Waals surface area contributed by atoms with E-state index in [0.717, 1.165) is 16.3 Å². The molecule has 1 aliphatic rings. The summed E-state index contributed by atoms with van der Waals surface area (Å²) in [5, 5.41) is 13.6. The second-order valence-corrected chi connectivity index (χ2v) is 8.38. The second-order valence-electron chi connectivity index (χ2n) is 7.95. The van der Waals surface area contributed by atoms with Crippen molar-refractivity contribution in [1.29, 1.82) is 0 Å². The van der Waals surface area contributed by atoms with Gasteiger partial charge in [-0.1, -0.05) is 60.1 Å². The zero-order valence-corrected chi connectivity index (χ0v) is 19.0. The summed E-state index contributed by atoms with van der Waals surface area (Å²) < 4.78 is 5.20. The van der Waals surface area contributed by atoms with Gasteiger partial charge in [-0.05, 0) is 58.8 Å². The lowest BCUT2D eigenvalue weighted by Gasteiger charge is -2.26. The van der Waals surface area contributed by atoms with Crippen LogP contribution in [0.25, 0.3) is 16.5 Å². The maximum atomic E-state index is 13.4. The minimum Gasteiger partial charge on any atom is -0.507 e. The molecule has 168 valence electrons. The number of fused-ring (bicyclic) bond motifs is 1. The number of amides is 1. The van der Waals surface area contributed by atoms with Gasteiger partial charge in [0.25, 0.3) is 11.7 Å². The Morgan fingerprint density at radius 3 is 2.35 bits per heavy atom. The molecular weight excluding hydrogens is 450 g/mol. The minimum absolute atomic E-state index is 0.0199. The second kappa shape index (κ2) is 8.69. The molecule has 1 heterocycles. The first-order chi connectivity index (χ1) is 16.5. The first-order valence-electron chi connectivity index (χ1n) is 10.7. The third-order valence-electron chi connectivity index (χ3n) is 6.01. The van der Waals surface area contributed by atoms with Crippen molar-refractivity contribution in [3.05, 3.63) is 113 Å². The molecule has 1 saturated heterocycles. The molecule has 1 aliphatic heterocycles. The van der Waals surface area contributed by atoms with Crippen LogP contribution < -0.4 is 9.64 Å². The van der Waals surface area contributed by atoms with Crippen LogP contribution in [0.5, 0.6) is 5.75 Å². The number of Topliss-reactive ketones (excluding diaryl/α,β-unsaturated/α-hetero) is 1. The minimum atomic E-state index is -0.841. The van der Waals surface area contributed by atoms with Crippen molar-refractivity contribution in [2.24, 2.45) is 0 Å². The fourth-order valence-electron chi connectivity index (χ4n) is 4.41. The van der Waals surface area contributed by atoms with Crippen LogP contribution in [-0.2, 0) is 9.59 Å². The normalized spacial score (nSPS) is 17.4. The van der Waals surface area contributed by atoms with E-state index in [1.165, 1.54) is 4.90 Å². The highest BCUT2D eigenvalue weighted by Gasteiger charge is 2.47. The fraction of sp³-hybridized carbons (Fsp3) is 0.0714. The number of hydrogen-bond acceptors (Lipinski definition) is 4. The van der Waals surface area contributed by atoms with Crippen LogP contribution in [0.4, 0.5) is 5.69 Å². The van der Waals surface area contributed by atoms with Gasteiger partial charge in [0, 0.05) is 16.3 Å². The maximum absolute atomic E-state index is 13.4. The number of rotatable bonds is 4. The number of benzene rings is 4. The summed E-state index contributed by atoms with van der Waals surface area (Å²) in [6.45, 7) is 0. The Bertz CT molecular complexity index is 1450. The monoisotopic (exact) mass is 469 g/mol. The lowest BCUT2D eigenvalue weighted by molar-refractivity contribution is -0.132. The summed E-state index contributed by atoms with van der Waals surface area (Å²) in [6, 6.07) is 26.1. The molecule has 0 spiro atoms. The number of aliphatic hydroxyl groups excluding tert-OH is 1. The topological polar surface area (TPSA) is 66.8 Å². The SMILES string of the molecule is COc1ccc(/C(O)=C2/C(=O)C(=O)N(c3cccc(Cl)c3)C2c2cccc3ccccc23)cc1. The van der Waals surface area contributed by atoms with E-state index in [9.17, 15) is 14.7 Å². The third kappa shape index (κ3) is 3.60. The molecule has 0 radical (unpaired) electrons. The summed E-state index contributed by atoms with van der Waals surface area (Å²) in [5.74, 6) is -1.12. The molecule has 5 rings (SSSR count). The molecular formula is C28H20ClNO4. The van der Waals surface area contributed by atoms with E-state index in [2.05, 4.69) is 0 Å². The molecule has 34 heavy (non-hydrogen) atoms. The standard InChI is InChI=1S/C28H20ClNO4/c1-34-21-14-12-18(13-15-21)26(31)24-25(23-11-4-7-17-6-2-3-10-22(17)23)30(28(33)27(24)32)20-9-5-8-19(29)16-20/h2-16,25,31H,1H3/b26-24-. The summed E-state index contributed by atoms with van der Waals surface area (Å²) in [5.41, 5.74) is 1.63. The molecule has 0 bridgehead atoms. The largest absolute Gasteiger partial charge is 0.507 e. The van der Waals surface area contributed by atoms with E-state index in [0.29, 0.717) is 22.0 Å². The molecule has 6 heteroatoms. The van der Waals surface area contributed by atoms with Crippen LogP contribution in [-0.4, -0.2) is 23.9 Å². The number of carbonyl (C=O) groups is 2. The van der Waals surface area contributed by atoms with E-state index in [-0.39, 0.29) is 11.3 Å². The smallest absolute Gasteiger partial charge is 0.300 e. The predicted octanol–water partition coefficient (Wildman–Crippen LogP) is 6.13. The Morgan fingerprint density at radius 2 is 1.62 bits per heavy atom. The Kier molecular flexibility index (Phi) is 5.56. The van der Waals surface area contributed by atoms with Crippen molar-refractivity contribution in [1.82, 2.24) is 0 Å². The number of carbonyl (C=O) groups excluding carboxylic acids is 2. The van der Waals surface area contributed by atoms with Crippen LogP contribution >= 0.6 is 11.6 Å². The lowest BCUT2D eigenvalue weighted by Crippen LogP contribution is -2.29. The van der Waals surface area contributed by atoms with E-state index in [1.807, 2.05) is 42.5 Å². The fourth-order valence-corrected chi connectivity index (χ4v) is 4.60. The van der Waals surface area contributed by atoms with E-state index in [4.69, 9.17) is 16.3 Å². The van der Waals surface area contributed by atoms with Gasteiger partial charge < -0.3 is 9.84 Å². The molecule has 0 saturated carbocycles. The summed E-state index contributed by atoms with van der Waals surface area (Å²) in [7, 11) is 1.55. The maximum Gasteiger partial charge on any atom is 0.300 e. The van der Waals surface area contributed by atoms with Crippen LogP contribution in [0, 0.1) is 0 Å². The highest BCUT2D eigenvalue weighted by molar-refractivity contribution is 6.52. The van der Waals surface area contributed by atoms with Crippen LogP contribution in [0.3, 0.4) is 0 Å². The highest BCUT2D eigenvalue weighted by Crippen LogP contribution is 2.44. The van der Waals surface area contributed by atoms with Gasteiger partial charge in [0.1, 0.15) is 11.5 Å². The van der Waals surface area contributed by atoms with Gasteiger partial charge in [0.15, 0.2) is 0 Å². The molecule has 1 N–H and O–H groups in total. The van der Waals surface area contributed by atoms with Gasteiger partial charge in [0.2, 0.25) is 0 Å². The zero-order chi connectivity index (χ0) is 23.8. The average molecular weight is 470 g/mol. The molecule has 0 aliphatic carbocycles. The quantitative estimate of drug-likeness (QED) is 0.222. The number of aliphatic hydroxyl groups is 1. The van der Waals surface area contributed by atoms with E-state index in [1.54, 1.807) is 55.6 Å². The number of hydrogen-bond donors (Lipinski definition) is 1. The molecule has 4 aromatic carbocycles. The van der Waals surface area contributed by atoms with Crippen LogP contribution in [0.15, 0.2) is 96.6 Å². The Balaban J connectivity index is 1.79. The Labute approximate surface area is 201 Å². The first kappa shape index (κ1) is 21.7. The predicted molar refractivity (Wildman–Crippen MR) is 133 cm³/mol. The number of methoxy groups -OCH3 is 1. The third-order valence-corrected chi connectivity index (χ3v) is 6.25. The lowest BCUT2D eigenvalue weighted by atomic mass is 9.91. The molecule has 4 aromatic rings. The number of ether oxygens (including phenoxy) is 1. The molecule has 1 atom stereocenters. The van der Waals surface area contributed by atoms with Crippen molar-refractivity contribution < 1.29 is 19.4 Å². The van der Waals surface area contributed by atoms with Gasteiger partial charge in [0.05, 0.1) is 18.7 Å². The molecule has 0 aromatic heterocycles. The van der Waals surface area contributed by atoms with Gasteiger partial charge >= 0.3 is 0 Å². The summed E-state index contributed by atoms with van der Waals surface area (Å²) in [4.78, 5) is 28.1. The van der Waals surface area contributed by atoms with Crippen molar-refractivity contribution in [3.8, 4) is 5.75 Å². The van der Waals surface area contributed by atoms with Gasteiger partial charge in [-0.25, -0.2) is 0 Å². The van der Waals surface area contributed by atoms with Crippen molar-refractivity contribution >= 4 is 45.5 Å². The van der Waals surface area contributed by atoms with Crippen LogP contribution in [0.2, 0.25) is 5.02 Å². The summed E-state index contributed by atoms with van der Waals surface area (Å²) >= 11 is 6.22. The van der Waals surface area contributed by atoms with Crippen LogP contribution in [0.1, 0.15) is 17.2 Å². The van der Waals surface area contributed by atoms with Crippen molar-refractivity contribution in [2.75, 3.05) is 12.0 Å². The van der Waals surface area contributed by atoms with Crippen molar-refractivity contribution in [2.45, 2.75) is 6.04 Å². The van der Waals surface area contributed by atoms with E-state index < -0.39 is 17.7 Å². The molecule has 1 amide bonds. The molecule has 1 unspecified atom stereocenters. The summed E-state index contributed by atoms with van der Waals surface area (Å²) in [6.07, 6.45) is 0. The zero-order valence-electron chi connectivity index (χ0n) is 18.2. The average Bonchev–Trinajstić information content (AvgIpc) is 3.13. The molecule has 1 fully saturated rings. The van der Waals surface area contributed by atoms with Gasteiger partial charge in [-0.2, -0.15) is 0 Å². The van der Waals surface area contributed by atoms with Gasteiger partial charge in [-0.3, -0.25) is 14.5 Å².